The monoisotopic (exact) mass is 349 g/mol. The van der Waals surface area contributed by atoms with Crippen LogP contribution in [0, 0.1) is 0 Å². The number of hydrogen-bond donors (Lipinski definition) is 1. The van der Waals surface area contributed by atoms with Gasteiger partial charge in [0.25, 0.3) is 5.91 Å². The summed E-state index contributed by atoms with van der Waals surface area (Å²) >= 11 is 7.84. The van der Waals surface area contributed by atoms with Crippen molar-refractivity contribution in [3.63, 3.8) is 0 Å². The van der Waals surface area contributed by atoms with E-state index in [9.17, 15) is 4.79 Å². The summed E-state index contributed by atoms with van der Waals surface area (Å²) < 4.78 is 10.9. The van der Waals surface area contributed by atoms with Gasteiger partial charge in [0, 0.05) is 22.8 Å². The zero-order valence-corrected chi connectivity index (χ0v) is 14.0. The Morgan fingerprint density at radius 1 is 1.17 bits per heavy atom. The Hall–Kier alpha value is -1.85. The predicted octanol–water partition coefficient (Wildman–Crippen LogP) is 3.63. The maximum Gasteiger partial charge on any atom is 0.251 e. The molecule has 2 aromatic carbocycles. The molecule has 0 saturated heterocycles. The van der Waals surface area contributed by atoms with Gasteiger partial charge in [-0.05, 0) is 24.3 Å². The molecule has 2 aromatic rings. The summed E-state index contributed by atoms with van der Waals surface area (Å²) in [5.74, 6) is 1.66. The number of ether oxygens (including phenoxy) is 2. The van der Waals surface area contributed by atoms with E-state index in [0.717, 1.165) is 5.75 Å². The first kappa shape index (κ1) is 16.0. The van der Waals surface area contributed by atoms with Crippen molar-refractivity contribution in [3.8, 4) is 11.5 Å². The molecule has 0 aromatic heterocycles. The lowest BCUT2D eigenvalue weighted by atomic mass is 10.2. The Bertz CT molecular complexity index is 694. The molecule has 4 nitrogen and oxygen atoms in total. The number of fused-ring (bicyclic) bond motifs is 1. The first-order valence-corrected chi connectivity index (χ1v) is 8.65. The van der Waals surface area contributed by atoms with Crippen LogP contribution in [0.2, 0.25) is 5.02 Å². The lowest BCUT2D eigenvalue weighted by Crippen LogP contribution is -2.26. The van der Waals surface area contributed by atoms with E-state index in [-0.39, 0.29) is 5.91 Å². The van der Waals surface area contributed by atoms with Crippen LogP contribution in [-0.2, 0) is 0 Å². The molecule has 120 valence electrons. The minimum absolute atomic E-state index is 0.169. The summed E-state index contributed by atoms with van der Waals surface area (Å²) in [7, 11) is 0. The lowest BCUT2D eigenvalue weighted by Gasteiger charge is -2.20. The molecule has 0 atom stereocenters. The highest BCUT2D eigenvalue weighted by molar-refractivity contribution is 7.99. The standard InChI is InChI=1S/C17H16ClNO3S/c18-14-10-12(11-15-16(14)22-8-7-21-15)17(20)19-6-9-23-13-4-2-1-3-5-13/h1-5,10-11H,6-9H2,(H,19,20). The number of benzene rings is 2. The van der Waals surface area contributed by atoms with Crippen molar-refractivity contribution in [1.29, 1.82) is 0 Å². The molecule has 1 N–H and O–H groups in total. The van der Waals surface area contributed by atoms with Gasteiger partial charge < -0.3 is 14.8 Å². The molecule has 1 amide bonds. The van der Waals surface area contributed by atoms with E-state index >= 15 is 0 Å². The molecular formula is C17H16ClNO3S. The number of rotatable bonds is 5. The molecule has 0 radical (unpaired) electrons. The van der Waals surface area contributed by atoms with Gasteiger partial charge in [-0.1, -0.05) is 29.8 Å². The normalized spacial score (nSPS) is 12.7. The summed E-state index contributed by atoms with van der Waals surface area (Å²) in [4.78, 5) is 13.4. The number of thioether (sulfide) groups is 1. The molecule has 0 bridgehead atoms. The van der Waals surface area contributed by atoms with Crippen molar-refractivity contribution >= 4 is 29.3 Å². The minimum atomic E-state index is -0.169. The molecule has 23 heavy (non-hydrogen) atoms. The van der Waals surface area contributed by atoms with E-state index in [1.54, 1.807) is 23.9 Å². The van der Waals surface area contributed by atoms with Crippen LogP contribution in [0.4, 0.5) is 0 Å². The molecule has 1 aliphatic heterocycles. The number of halogens is 1. The van der Waals surface area contributed by atoms with E-state index < -0.39 is 0 Å². The quantitative estimate of drug-likeness (QED) is 0.661. The van der Waals surface area contributed by atoms with Crippen LogP contribution in [0.5, 0.6) is 11.5 Å². The van der Waals surface area contributed by atoms with Crippen LogP contribution in [0.3, 0.4) is 0 Å². The third kappa shape index (κ3) is 4.12. The van der Waals surface area contributed by atoms with Crippen LogP contribution < -0.4 is 14.8 Å². The van der Waals surface area contributed by atoms with Crippen LogP contribution in [0.25, 0.3) is 0 Å². The molecule has 0 unspecified atom stereocenters. The van der Waals surface area contributed by atoms with Crippen molar-refractivity contribution in [2.75, 3.05) is 25.5 Å². The van der Waals surface area contributed by atoms with E-state index in [2.05, 4.69) is 5.32 Å². The van der Waals surface area contributed by atoms with Gasteiger partial charge in [-0.25, -0.2) is 0 Å². The zero-order valence-electron chi connectivity index (χ0n) is 12.4. The molecule has 1 aliphatic rings. The van der Waals surface area contributed by atoms with Gasteiger partial charge in [-0.15, -0.1) is 11.8 Å². The van der Waals surface area contributed by atoms with Crippen LogP contribution in [0.15, 0.2) is 47.4 Å². The maximum atomic E-state index is 12.2. The highest BCUT2D eigenvalue weighted by atomic mass is 35.5. The number of amides is 1. The average molecular weight is 350 g/mol. The Morgan fingerprint density at radius 3 is 2.78 bits per heavy atom. The summed E-state index contributed by atoms with van der Waals surface area (Å²) in [5.41, 5.74) is 0.476. The molecule has 1 heterocycles. The van der Waals surface area contributed by atoms with Gasteiger partial charge in [0.15, 0.2) is 11.5 Å². The van der Waals surface area contributed by atoms with E-state index in [0.29, 0.717) is 41.8 Å². The minimum Gasteiger partial charge on any atom is -0.486 e. The van der Waals surface area contributed by atoms with Crippen molar-refractivity contribution in [1.82, 2.24) is 5.32 Å². The Morgan fingerprint density at radius 2 is 1.96 bits per heavy atom. The lowest BCUT2D eigenvalue weighted by molar-refractivity contribution is 0.0955. The van der Waals surface area contributed by atoms with Gasteiger partial charge in [0.2, 0.25) is 0 Å². The van der Waals surface area contributed by atoms with Crippen molar-refractivity contribution in [2.24, 2.45) is 0 Å². The molecular weight excluding hydrogens is 334 g/mol. The predicted molar refractivity (Wildman–Crippen MR) is 91.9 cm³/mol. The molecule has 0 fully saturated rings. The Labute approximate surface area is 144 Å². The van der Waals surface area contributed by atoms with Gasteiger partial charge in [-0.3, -0.25) is 4.79 Å². The van der Waals surface area contributed by atoms with Crippen LogP contribution >= 0.6 is 23.4 Å². The van der Waals surface area contributed by atoms with Gasteiger partial charge >= 0.3 is 0 Å². The summed E-state index contributed by atoms with van der Waals surface area (Å²) in [6.45, 7) is 1.50. The molecule has 0 saturated carbocycles. The molecule has 3 rings (SSSR count). The fourth-order valence-corrected chi connectivity index (χ4v) is 3.25. The second-order valence-electron chi connectivity index (χ2n) is 4.90. The van der Waals surface area contributed by atoms with Gasteiger partial charge in [-0.2, -0.15) is 0 Å². The van der Waals surface area contributed by atoms with Crippen molar-refractivity contribution < 1.29 is 14.3 Å². The first-order chi connectivity index (χ1) is 11.2. The fraction of sp³-hybridized carbons (Fsp3) is 0.235. The number of carbonyl (C=O) groups excluding carboxylic acids is 1. The largest absolute Gasteiger partial charge is 0.486 e. The highest BCUT2D eigenvalue weighted by Crippen LogP contribution is 2.38. The topological polar surface area (TPSA) is 47.6 Å². The smallest absolute Gasteiger partial charge is 0.251 e. The number of nitrogens with one attached hydrogen (secondary N) is 1. The summed E-state index contributed by atoms with van der Waals surface area (Å²) in [6, 6.07) is 13.3. The van der Waals surface area contributed by atoms with Gasteiger partial charge in [0.05, 0.1) is 5.02 Å². The van der Waals surface area contributed by atoms with E-state index in [1.165, 1.54) is 4.90 Å². The Kier molecular flexibility index (Phi) is 5.31. The van der Waals surface area contributed by atoms with Crippen LogP contribution in [-0.4, -0.2) is 31.4 Å². The third-order valence-electron chi connectivity index (χ3n) is 3.26. The maximum absolute atomic E-state index is 12.2. The third-order valence-corrected chi connectivity index (χ3v) is 4.55. The summed E-state index contributed by atoms with van der Waals surface area (Å²) in [5, 5.41) is 3.28. The second-order valence-corrected chi connectivity index (χ2v) is 6.48. The number of hydrogen-bond acceptors (Lipinski definition) is 4. The summed E-state index contributed by atoms with van der Waals surface area (Å²) in [6.07, 6.45) is 0. The Balaban J connectivity index is 1.55. The molecule has 0 spiro atoms. The van der Waals surface area contributed by atoms with Crippen LogP contribution in [0.1, 0.15) is 10.4 Å². The molecule has 6 heteroatoms. The fourth-order valence-electron chi connectivity index (χ4n) is 2.19. The first-order valence-electron chi connectivity index (χ1n) is 7.29. The SMILES string of the molecule is O=C(NCCSc1ccccc1)c1cc(Cl)c2c(c1)OCCO2. The second kappa shape index (κ2) is 7.62. The number of carbonyl (C=O) groups is 1. The van der Waals surface area contributed by atoms with Gasteiger partial charge in [0.1, 0.15) is 13.2 Å². The van der Waals surface area contributed by atoms with E-state index in [4.69, 9.17) is 21.1 Å². The average Bonchev–Trinajstić information content (AvgIpc) is 2.59. The van der Waals surface area contributed by atoms with Crippen molar-refractivity contribution in [3.05, 3.63) is 53.1 Å². The zero-order chi connectivity index (χ0) is 16.1. The van der Waals surface area contributed by atoms with Crippen molar-refractivity contribution in [2.45, 2.75) is 4.90 Å². The van der Waals surface area contributed by atoms with E-state index in [1.807, 2.05) is 30.3 Å². The highest BCUT2D eigenvalue weighted by Gasteiger charge is 2.19. The molecule has 0 aliphatic carbocycles.